The minimum Gasteiger partial charge on any atom is -0.508 e. The predicted molar refractivity (Wildman–Crippen MR) is 61.5 cm³/mol. The highest BCUT2D eigenvalue weighted by molar-refractivity contribution is 5.83. The zero-order chi connectivity index (χ0) is 13.9. The number of phenols is 1. The van der Waals surface area contributed by atoms with Gasteiger partial charge in [-0.1, -0.05) is 0 Å². The number of carboxylic acids is 1. The number of hydrogen-bond acceptors (Lipinski definition) is 3. The Labute approximate surface area is 103 Å². The molecule has 6 heteroatoms. The molecule has 1 rings (SSSR count). The first-order valence-electron chi connectivity index (χ1n) is 5.36. The van der Waals surface area contributed by atoms with Crippen LogP contribution in [0.5, 0.6) is 5.75 Å². The van der Waals surface area contributed by atoms with Gasteiger partial charge in [0.05, 0.1) is 0 Å². The molecular formula is C12H14FNO4. The molecule has 0 bridgehead atoms. The van der Waals surface area contributed by atoms with Crippen molar-refractivity contribution in [3.8, 4) is 5.75 Å². The number of carboxylic acid groups (broad SMARTS) is 1. The Morgan fingerprint density at radius 1 is 1.39 bits per heavy atom. The molecule has 1 aromatic rings. The van der Waals surface area contributed by atoms with Gasteiger partial charge in [-0.3, -0.25) is 4.79 Å². The van der Waals surface area contributed by atoms with Crippen molar-refractivity contribution in [1.82, 2.24) is 4.90 Å². The lowest BCUT2D eigenvalue weighted by Crippen LogP contribution is -2.37. The van der Waals surface area contributed by atoms with Crippen LogP contribution in [-0.4, -0.2) is 33.5 Å². The molecule has 0 aromatic heterocycles. The van der Waals surface area contributed by atoms with Crippen molar-refractivity contribution >= 4 is 11.9 Å². The summed E-state index contributed by atoms with van der Waals surface area (Å²) in [6.45, 7) is 3.03. The van der Waals surface area contributed by atoms with Crippen LogP contribution in [0.25, 0.3) is 0 Å². The van der Waals surface area contributed by atoms with E-state index in [9.17, 15) is 19.1 Å². The summed E-state index contributed by atoms with van der Waals surface area (Å²) < 4.78 is 13.2. The van der Waals surface area contributed by atoms with Crippen LogP contribution in [0.1, 0.15) is 25.5 Å². The Kier molecular flexibility index (Phi) is 4.25. The molecule has 0 spiro atoms. The SMILES string of the molecule is CCN(C(C)=O)C(C(=O)O)c1cc(O)cc(F)c1. The first-order valence-corrected chi connectivity index (χ1v) is 5.36. The van der Waals surface area contributed by atoms with Crippen LogP contribution in [0, 0.1) is 5.82 Å². The number of rotatable bonds is 4. The average Bonchev–Trinajstić information content (AvgIpc) is 2.22. The van der Waals surface area contributed by atoms with E-state index in [4.69, 9.17) is 5.11 Å². The van der Waals surface area contributed by atoms with Gasteiger partial charge in [0.25, 0.3) is 0 Å². The fourth-order valence-corrected chi connectivity index (χ4v) is 1.80. The number of phenolic OH excluding ortho intramolecular Hbond substituents is 1. The summed E-state index contributed by atoms with van der Waals surface area (Å²) >= 11 is 0. The zero-order valence-corrected chi connectivity index (χ0v) is 10.1. The summed E-state index contributed by atoms with van der Waals surface area (Å²) in [5.74, 6) is -2.85. The first-order chi connectivity index (χ1) is 8.36. The van der Waals surface area contributed by atoms with E-state index in [0.717, 1.165) is 23.1 Å². The second-order valence-electron chi connectivity index (χ2n) is 3.79. The van der Waals surface area contributed by atoms with Gasteiger partial charge in [-0.15, -0.1) is 0 Å². The van der Waals surface area contributed by atoms with Crippen molar-refractivity contribution < 1.29 is 24.2 Å². The highest BCUT2D eigenvalue weighted by Crippen LogP contribution is 2.25. The molecule has 0 aliphatic carbocycles. The third-order valence-corrected chi connectivity index (χ3v) is 2.51. The number of benzene rings is 1. The molecule has 0 aliphatic rings. The smallest absolute Gasteiger partial charge is 0.331 e. The van der Waals surface area contributed by atoms with Crippen molar-refractivity contribution in [2.45, 2.75) is 19.9 Å². The summed E-state index contributed by atoms with van der Waals surface area (Å²) in [5, 5.41) is 18.4. The monoisotopic (exact) mass is 255 g/mol. The quantitative estimate of drug-likeness (QED) is 0.855. The van der Waals surface area contributed by atoms with Gasteiger partial charge in [-0.05, 0) is 24.6 Å². The minimum absolute atomic E-state index is 0.0250. The molecule has 0 saturated carbocycles. The van der Waals surface area contributed by atoms with Crippen molar-refractivity contribution in [3.63, 3.8) is 0 Å². The van der Waals surface area contributed by atoms with Gasteiger partial charge < -0.3 is 15.1 Å². The van der Waals surface area contributed by atoms with Gasteiger partial charge in [0, 0.05) is 19.5 Å². The summed E-state index contributed by atoms with van der Waals surface area (Å²) in [6.07, 6.45) is 0. The van der Waals surface area contributed by atoms with E-state index >= 15 is 0 Å². The van der Waals surface area contributed by atoms with Crippen LogP contribution in [0.3, 0.4) is 0 Å². The molecule has 0 heterocycles. The second kappa shape index (κ2) is 5.48. The summed E-state index contributed by atoms with van der Waals surface area (Å²) in [6, 6.07) is 1.68. The molecule has 1 amide bonds. The normalized spacial score (nSPS) is 11.9. The summed E-state index contributed by atoms with van der Waals surface area (Å²) in [5.41, 5.74) is 0.0250. The maximum atomic E-state index is 13.2. The third-order valence-electron chi connectivity index (χ3n) is 2.51. The van der Waals surface area contributed by atoms with Crippen LogP contribution in [0.2, 0.25) is 0 Å². The van der Waals surface area contributed by atoms with E-state index in [-0.39, 0.29) is 17.9 Å². The topological polar surface area (TPSA) is 77.8 Å². The Hall–Kier alpha value is -2.11. The lowest BCUT2D eigenvalue weighted by Gasteiger charge is -2.27. The summed E-state index contributed by atoms with van der Waals surface area (Å²) in [7, 11) is 0. The zero-order valence-electron chi connectivity index (χ0n) is 10.1. The van der Waals surface area contributed by atoms with Crippen LogP contribution >= 0.6 is 0 Å². The maximum Gasteiger partial charge on any atom is 0.331 e. The number of hydrogen-bond donors (Lipinski definition) is 2. The molecule has 0 radical (unpaired) electrons. The number of amides is 1. The maximum absolute atomic E-state index is 13.2. The van der Waals surface area contributed by atoms with E-state index in [1.54, 1.807) is 6.92 Å². The van der Waals surface area contributed by atoms with E-state index in [1.165, 1.54) is 6.92 Å². The molecule has 0 aliphatic heterocycles. The number of carbonyl (C=O) groups excluding carboxylic acids is 1. The second-order valence-corrected chi connectivity index (χ2v) is 3.79. The molecule has 98 valence electrons. The number of carbonyl (C=O) groups is 2. The van der Waals surface area contributed by atoms with Gasteiger partial charge >= 0.3 is 5.97 Å². The van der Waals surface area contributed by atoms with Crippen LogP contribution in [-0.2, 0) is 9.59 Å². The standard InChI is InChI=1S/C12H14FNO4/c1-3-14(7(2)15)11(12(17)18)8-4-9(13)6-10(16)5-8/h4-6,11,16H,3H2,1-2H3,(H,17,18). The molecular weight excluding hydrogens is 241 g/mol. The fourth-order valence-electron chi connectivity index (χ4n) is 1.80. The Bertz CT molecular complexity index is 455. The predicted octanol–water partition coefficient (Wildman–Crippen LogP) is 1.53. The number of aliphatic carboxylic acids is 1. The van der Waals surface area contributed by atoms with Crippen molar-refractivity contribution in [2.75, 3.05) is 6.54 Å². The van der Waals surface area contributed by atoms with E-state index in [1.807, 2.05) is 0 Å². The molecule has 2 N–H and O–H groups in total. The highest BCUT2D eigenvalue weighted by Gasteiger charge is 2.29. The van der Waals surface area contributed by atoms with Gasteiger partial charge in [-0.2, -0.15) is 0 Å². The molecule has 1 aromatic carbocycles. The largest absolute Gasteiger partial charge is 0.508 e. The molecule has 1 unspecified atom stereocenters. The van der Waals surface area contributed by atoms with Crippen molar-refractivity contribution in [2.24, 2.45) is 0 Å². The van der Waals surface area contributed by atoms with Gasteiger partial charge in [-0.25, -0.2) is 9.18 Å². The number of nitrogens with zero attached hydrogens (tertiary/aromatic N) is 1. The van der Waals surface area contributed by atoms with E-state index in [2.05, 4.69) is 0 Å². The minimum atomic E-state index is -1.31. The van der Waals surface area contributed by atoms with Crippen LogP contribution < -0.4 is 0 Å². The average molecular weight is 255 g/mol. The molecule has 0 fully saturated rings. The highest BCUT2D eigenvalue weighted by atomic mass is 19.1. The molecule has 5 nitrogen and oxygen atoms in total. The Balaban J connectivity index is 3.27. The summed E-state index contributed by atoms with van der Waals surface area (Å²) in [4.78, 5) is 23.7. The van der Waals surface area contributed by atoms with Gasteiger partial charge in [0.1, 0.15) is 11.6 Å². The van der Waals surface area contributed by atoms with E-state index < -0.39 is 23.7 Å². The lowest BCUT2D eigenvalue weighted by atomic mass is 10.0. The Morgan fingerprint density at radius 2 is 2.00 bits per heavy atom. The van der Waals surface area contributed by atoms with Crippen LogP contribution in [0.15, 0.2) is 18.2 Å². The van der Waals surface area contributed by atoms with Gasteiger partial charge in [0.2, 0.25) is 5.91 Å². The van der Waals surface area contributed by atoms with E-state index in [0.29, 0.717) is 0 Å². The number of aromatic hydroxyl groups is 1. The van der Waals surface area contributed by atoms with Crippen molar-refractivity contribution in [1.29, 1.82) is 0 Å². The molecule has 18 heavy (non-hydrogen) atoms. The van der Waals surface area contributed by atoms with Crippen molar-refractivity contribution in [3.05, 3.63) is 29.6 Å². The fraction of sp³-hybridized carbons (Fsp3) is 0.333. The first kappa shape index (κ1) is 14.0. The Morgan fingerprint density at radius 3 is 2.39 bits per heavy atom. The van der Waals surface area contributed by atoms with Crippen LogP contribution in [0.4, 0.5) is 4.39 Å². The lowest BCUT2D eigenvalue weighted by molar-refractivity contribution is -0.149. The third kappa shape index (κ3) is 2.97. The molecule has 1 atom stereocenters. The number of likely N-dealkylation sites (N-methyl/N-ethyl adjacent to an activating group) is 1. The number of halogens is 1. The van der Waals surface area contributed by atoms with Gasteiger partial charge in [0.15, 0.2) is 6.04 Å². The molecule has 0 saturated heterocycles.